The number of nitrogens with two attached hydrogens (primary N) is 1. The Bertz CT molecular complexity index is 315. The number of hydrogen-bond acceptors (Lipinski definition) is 4. The summed E-state index contributed by atoms with van der Waals surface area (Å²) in [4.78, 5) is 8.34. The Kier molecular flexibility index (Phi) is 3.26. The Morgan fingerprint density at radius 2 is 2.27 bits per heavy atom. The number of anilines is 1. The molecular formula is C11H19N3S. The predicted octanol–water partition coefficient (Wildman–Crippen LogP) is 2.08. The third kappa shape index (κ3) is 2.16. The highest BCUT2D eigenvalue weighted by Crippen LogP contribution is 2.30. The molecule has 0 radical (unpaired) electrons. The van der Waals surface area contributed by atoms with Crippen LogP contribution in [0.1, 0.15) is 29.8 Å². The zero-order valence-electron chi connectivity index (χ0n) is 9.49. The monoisotopic (exact) mass is 225 g/mol. The van der Waals surface area contributed by atoms with Crippen molar-refractivity contribution in [2.45, 2.75) is 39.2 Å². The molecule has 0 aliphatic carbocycles. The van der Waals surface area contributed by atoms with Crippen LogP contribution in [-0.2, 0) is 0 Å². The quantitative estimate of drug-likeness (QED) is 0.838. The molecule has 1 unspecified atom stereocenters. The molecule has 2 heterocycles. The molecule has 1 aliphatic heterocycles. The summed E-state index contributed by atoms with van der Waals surface area (Å²) in [6, 6.07) is 0.503. The van der Waals surface area contributed by atoms with Gasteiger partial charge in [-0.15, -0.1) is 11.3 Å². The summed E-state index contributed by atoms with van der Waals surface area (Å²) in [5, 5.41) is 1.17. The second kappa shape index (κ2) is 4.49. The summed E-state index contributed by atoms with van der Waals surface area (Å²) >= 11 is 1.80. The number of hydrogen-bond donors (Lipinski definition) is 1. The largest absolute Gasteiger partial charge is 0.344 e. The van der Waals surface area contributed by atoms with Crippen molar-refractivity contribution in [1.29, 1.82) is 0 Å². The number of aromatic nitrogens is 1. The first-order valence-electron chi connectivity index (χ1n) is 5.63. The van der Waals surface area contributed by atoms with Crippen LogP contribution in [-0.4, -0.2) is 24.1 Å². The molecule has 0 saturated carbocycles. The van der Waals surface area contributed by atoms with Crippen molar-refractivity contribution < 1.29 is 0 Å². The van der Waals surface area contributed by atoms with Crippen molar-refractivity contribution in [2.75, 3.05) is 18.0 Å². The number of rotatable bonds is 2. The molecule has 3 nitrogen and oxygen atoms in total. The topological polar surface area (TPSA) is 42.2 Å². The van der Waals surface area contributed by atoms with E-state index >= 15 is 0 Å². The van der Waals surface area contributed by atoms with Gasteiger partial charge >= 0.3 is 0 Å². The molecule has 0 bridgehead atoms. The van der Waals surface area contributed by atoms with Gasteiger partial charge in [-0.05, 0) is 33.1 Å². The second-order valence-electron chi connectivity index (χ2n) is 4.22. The van der Waals surface area contributed by atoms with Gasteiger partial charge in [0.15, 0.2) is 5.13 Å². The second-order valence-corrected chi connectivity index (χ2v) is 5.40. The summed E-state index contributed by atoms with van der Waals surface area (Å²) in [7, 11) is 0. The van der Waals surface area contributed by atoms with Gasteiger partial charge in [0.2, 0.25) is 0 Å². The average Bonchev–Trinajstić information content (AvgIpc) is 2.59. The lowest BCUT2D eigenvalue weighted by Gasteiger charge is -2.34. The third-order valence-corrected chi connectivity index (χ3v) is 4.27. The van der Waals surface area contributed by atoms with E-state index in [1.54, 1.807) is 11.3 Å². The SMILES string of the molecule is Cc1nc(N2CCCCC2CN)sc1C. The van der Waals surface area contributed by atoms with E-state index in [1.165, 1.54) is 29.3 Å². The molecule has 2 rings (SSSR count). The van der Waals surface area contributed by atoms with E-state index in [2.05, 4.69) is 23.7 Å². The van der Waals surface area contributed by atoms with Crippen LogP contribution in [0.3, 0.4) is 0 Å². The molecule has 15 heavy (non-hydrogen) atoms. The first kappa shape index (κ1) is 10.9. The summed E-state index contributed by atoms with van der Waals surface area (Å²) in [5.74, 6) is 0. The molecule has 1 fully saturated rings. The highest BCUT2D eigenvalue weighted by Gasteiger charge is 2.23. The zero-order valence-corrected chi connectivity index (χ0v) is 10.3. The first-order chi connectivity index (χ1) is 7.22. The fourth-order valence-electron chi connectivity index (χ4n) is 2.08. The fourth-order valence-corrected chi connectivity index (χ4v) is 3.08. The van der Waals surface area contributed by atoms with Crippen molar-refractivity contribution in [3.05, 3.63) is 10.6 Å². The van der Waals surface area contributed by atoms with Gasteiger partial charge in [-0.2, -0.15) is 0 Å². The Morgan fingerprint density at radius 3 is 2.87 bits per heavy atom. The molecule has 0 amide bonds. The van der Waals surface area contributed by atoms with Crippen LogP contribution in [0, 0.1) is 13.8 Å². The van der Waals surface area contributed by atoms with E-state index in [-0.39, 0.29) is 0 Å². The van der Waals surface area contributed by atoms with Gasteiger partial charge in [-0.25, -0.2) is 4.98 Å². The zero-order chi connectivity index (χ0) is 10.8. The maximum absolute atomic E-state index is 5.81. The maximum atomic E-state index is 5.81. The van der Waals surface area contributed by atoms with Gasteiger partial charge in [0, 0.05) is 24.0 Å². The minimum Gasteiger partial charge on any atom is -0.344 e. The molecule has 0 spiro atoms. The van der Waals surface area contributed by atoms with Crippen LogP contribution < -0.4 is 10.6 Å². The van der Waals surface area contributed by atoms with E-state index in [9.17, 15) is 0 Å². The molecule has 1 atom stereocenters. The smallest absolute Gasteiger partial charge is 0.186 e. The van der Waals surface area contributed by atoms with E-state index in [0.717, 1.165) is 18.8 Å². The molecule has 1 saturated heterocycles. The highest BCUT2D eigenvalue weighted by molar-refractivity contribution is 7.15. The van der Waals surface area contributed by atoms with Crippen molar-refractivity contribution in [3.8, 4) is 0 Å². The Hall–Kier alpha value is -0.610. The summed E-state index contributed by atoms with van der Waals surface area (Å²) in [6.45, 7) is 6.08. The minimum atomic E-state index is 0.503. The van der Waals surface area contributed by atoms with Gasteiger partial charge in [-0.3, -0.25) is 0 Å². The first-order valence-corrected chi connectivity index (χ1v) is 6.44. The van der Waals surface area contributed by atoms with E-state index < -0.39 is 0 Å². The van der Waals surface area contributed by atoms with Crippen LogP contribution in [0.25, 0.3) is 0 Å². The van der Waals surface area contributed by atoms with E-state index in [0.29, 0.717) is 6.04 Å². The molecule has 4 heteroatoms. The molecule has 1 aliphatic rings. The Morgan fingerprint density at radius 1 is 1.47 bits per heavy atom. The summed E-state index contributed by atoms with van der Waals surface area (Å²) in [6.07, 6.45) is 3.80. The lowest BCUT2D eigenvalue weighted by molar-refractivity contribution is 0.464. The average molecular weight is 225 g/mol. The number of thiazole rings is 1. The predicted molar refractivity (Wildman–Crippen MR) is 65.6 cm³/mol. The van der Waals surface area contributed by atoms with Crippen molar-refractivity contribution in [2.24, 2.45) is 5.73 Å². The van der Waals surface area contributed by atoms with Crippen molar-refractivity contribution in [3.63, 3.8) is 0 Å². The Balaban J connectivity index is 2.20. The normalized spacial score (nSPS) is 22.1. The molecule has 2 N–H and O–H groups in total. The summed E-state index contributed by atoms with van der Waals surface area (Å²) < 4.78 is 0. The number of aryl methyl sites for hydroxylation is 2. The number of nitrogens with zero attached hydrogens (tertiary/aromatic N) is 2. The summed E-state index contributed by atoms with van der Waals surface area (Å²) in [5.41, 5.74) is 6.97. The molecule has 1 aromatic heterocycles. The molecule has 1 aromatic rings. The number of piperidine rings is 1. The minimum absolute atomic E-state index is 0.503. The van der Waals surface area contributed by atoms with Crippen LogP contribution in [0.5, 0.6) is 0 Å². The third-order valence-electron chi connectivity index (χ3n) is 3.16. The maximum Gasteiger partial charge on any atom is 0.186 e. The van der Waals surface area contributed by atoms with Crippen molar-refractivity contribution in [1.82, 2.24) is 4.98 Å². The van der Waals surface area contributed by atoms with Gasteiger partial charge < -0.3 is 10.6 Å². The van der Waals surface area contributed by atoms with Crippen LogP contribution >= 0.6 is 11.3 Å². The lowest BCUT2D eigenvalue weighted by atomic mass is 10.0. The van der Waals surface area contributed by atoms with Crippen LogP contribution in [0.15, 0.2) is 0 Å². The van der Waals surface area contributed by atoms with Crippen LogP contribution in [0.4, 0.5) is 5.13 Å². The fraction of sp³-hybridized carbons (Fsp3) is 0.727. The van der Waals surface area contributed by atoms with Gasteiger partial charge in [0.25, 0.3) is 0 Å². The van der Waals surface area contributed by atoms with Crippen molar-refractivity contribution >= 4 is 16.5 Å². The van der Waals surface area contributed by atoms with E-state index in [1.807, 2.05) is 0 Å². The van der Waals surface area contributed by atoms with Gasteiger partial charge in [0.05, 0.1) is 5.69 Å². The standard InChI is InChI=1S/C11H19N3S/c1-8-9(2)15-11(13-8)14-6-4-3-5-10(14)7-12/h10H,3-7,12H2,1-2H3. The Labute approximate surface area is 95.3 Å². The van der Waals surface area contributed by atoms with Gasteiger partial charge in [-0.1, -0.05) is 0 Å². The lowest BCUT2D eigenvalue weighted by Crippen LogP contribution is -2.44. The van der Waals surface area contributed by atoms with Crippen LogP contribution in [0.2, 0.25) is 0 Å². The van der Waals surface area contributed by atoms with E-state index in [4.69, 9.17) is 5.73 Å². The van der Waals surface area contributed by atoms with Gasteiger partial charge in [0.1, 0.15) is 0 Å². The highest BCUT2D eigenvalue weighted by atomic mass is 32.1. The molecule has 0 aromatic carbocycles. The molecular weight excluding hydrogens is 206 g/mol. The molecule has 84 valence electrons.